The highest BCUT2D eigenvalue weighted by Gasteiger charge is 2.94. The fraction of sp³-hybridized carbons (Fsp3) is 0.556. The van der Waals surface area contributed by atoms with E-state index in [0.29, 0.717) is 0 Å². The van der Waals surface area contributed by atoms with Gasteiger partial charge in [0.2, 0.25) is 11.8 Å². The van der Waals surface area contributed by atoms with Crippen LogP contribution in [-0.2, 0) is 19.2 Å². The molecule has 0 aromatic carbocycles. The SMILES string of the molecule is CC1(C)C2(C(=O)[O-])C(=O)NC(=O)C12C(=O)[O-]. The van der Waals surface area contributed by atoms with E-state index in [1.807, 2.05) is 0 Å². The molecule has 0 radical (unpaired) electrons. The predicted octanol–water partition coefficient (Wildman–Crippen LogP) is -3.84. The molecule has 2 unspecified atom stereocenters. The molecule has 0 spiro atoms. The molecule has 0 bridgehead atoms. The van der Waals surface area contributed by atoms with Crippen molar-refractivity contribution in [2.45, 2.75) is 13.8 Å². The Morgan fingerprint density at radius 3 is 1.50 bits per heavy atom. The number of carboxylic acids is 2. The first-order valence-corrected chi connectivity index (χ1v) is 4.47. The van der Waals surface area contributed by atoms with Gasteiger partial charge in [-0.05, 0) is 0 Å². The summed E-state index contributed by atoms with van der Waals surface area (Å²) in [6.45, 7) is 2.43. The van der Waals surface area contributed by atoms with E-state index in [1.165, 1.54) is 13.8 Å². The van der Waals surface area contributed by atoms with Gasteiger partial charge in [-0.15, -0.1) is 0 Å². The predicted molar refractivity (Wildman–Crippen MR) is 41.8 cm³/mol. The zero-order chi connectivity index (χ0) is 12.5. The lowest BCUT2D eigenvalue weighted by Crippen LogP contribution is -2.45. The molecule has 2 fully saturated rings. The lowest BCUT2D eigenvalue weighted by atomic mass is 9.95. The summed E-state index contributed by atoms with van der Waals surface area (Å²) in [7, 11) is 0. The number of carbonyl (C=O) groups is 4. The van der Waals surface area contributed by atoms with Crippen LogP contribution < -0.4 is 15.5 Å². The fourth-order valence-corrected chi connectivity index (χ4v) is 3.08. The molecule has 1 N–H and O–H groups in total. The summed E-state index contributed by atoms with van der Waals surface area (Å²) >= 11 is 0. The number of amides is 2. The van der Waals surface area contributed by atoms with Crippen LogP contribution >= 0.6 is 0 Å². The number of aliphatic carboxylic acids is 2. The zero-order valence-corrected chi connectivity index (χ0v) is 8.45. The van der Waals surface area contributed by atoms with Crippen LogP contribution in [0.15, 0.2) is 0 Å². The largest absolute Gasteiger partial charge is 0.549 e. The van der Waals surface area contributed by atoms with E-state index < -0.39 is 40.0 Å². The maximum atomic E-state index is 11.5. The number of hydrogen-bond donors (Lipinski definition) is 1. The van der Waals surface area contributed by atoms with Gasteiger partial charge in [0.1, 0.15) is 10.8 Å². The van der Waals surface area contributed by atoms with Crippen LogP contribution in [0.25, 0.3) is 0 Å². The molecule has 86 valence electrons. The van der Waals surface area contributed by atoms with Gasteiger partial charge in [0, 0.05) is 5.41 Å². The van der Waals surface area contributed by atoms with Crippen LogP contribution in [0.2, 0.25) is 0 Å². The fourth-order valence-electron chi connectivity index (χ4n) is 3.08. The highest BCUT2D eigenvalue weighted by molar-refractivity contribution is 6.32. The zero-order valence-electron chi connectivity index (χ0n) is 8.45. The third-order valence-corrected chi connectivity index (χ3v) is 3.90. The molecule has 2 aliphatic rings. The molecular formula is C9H7NO6-2. The summed E-state index contributed by atoms with van der Waals surface area (Å²) in [4.78, 5) is 45.0. The van der Waals surface area contributed by atoms with Gasteiger partial charge in [-0.25, -0.2) is 0 Å². The molecule has 0 aromatic heterocycles. The third-order valence-electron chi connectivity index (χ3n) is 3.90. The van der Waals surface area contributed by atoms with Crippen LogP contribution in [0.1, 0.15) is 13.8 Å². The van der Waals surface area contributed by atoms with E-state index in [1.54, 1.807) is 5.32 Å². The van der Waals surface area contributed by atoms with Crippen LogP contribution in [0.4, 0.5) is 0 Å². The van der Waals surface area contributed by atoms with E-state index >= 15 is 0 Å². The quantitative estimate of drug-likeness (QED) is 0.378. The second-order valence-corrected chi connectivity index (χ2v) is 4.48. The minimum atomic E-state index is -2.35. The maximum absolute atomic E-state index is 11.5. The molecule has 2 amide bonds. The lowest BCUT2D eigenvalue weighted by Gasteiger charge is -2.17. The number of hydrogen-bond acceptors (Lipinski definition) is 6. The second kappa shape index (κ2) is 2.26. The van der Waals surface area contributed by atoms with Crippen LogP contribution in [0.5, 0.6) is 0 Å². The van der Waals surface area contributed by atoms with E-state index in [-0.39, 0.29) is 0 Å². The number of carbonyl (C=O) groups excluding carboxylic acids is 4. The van der Waals surface area contributed by atoms with Crippen molar-refractivity contribution in [3.05, 3.63) is 0 Å². The van der Waals surface area contributed by atoms with E-state index in [2.05, 4.69) is 0 Å². The van der Waals surface area contributed by atoms with Crippen LogP contribution in [0.3, 0.4) is 0 Å². The van der Waals surface area contributed by atoms with Crippen molar-refractivity contribution in [2.24, 2.45) is 16.2 Å². The molecule has 7 heteroatoms. The summed E-state index contributed by atoms with van der Waals surface area (Å²) in [5, 5.41) is 23.8. The molecule has 7 nitrogen and oxygen atoms in total. The maximum Gasteiger partial charge on any atom is 0.240 e. The Balaban J connectivity index is 2.77. The summed E-state index contributed by atoms with van der Waals surface area (Å²) in [6, 6.07) is 0. The number of imide groups is 1. The molecule has 1 aliphatic heterocycles. The first kappa shape index (κ1) is 10.6. The highest BCUT2D eigenvalue weighted by atomic mass is 16.4. The molecule has 16 heavy (non-hydrogen) atoms. The standard InChI is InChI=1S/C9H9NO6/c1-7(2)8(5(13)14)3(11)10-4(12)9(7,8)6(15)16/h1-2H3,(H,13,14)(H,15,16)(H,10,11,12)/p-2. The van der Waals surface area contributed by atoms with E-state index in [0.717, 1.165) is 0 Å². The Morgan fingerprint density at radius 1 is 1.00 bits per heavy atom. The number of rotatable bonds is 2. The number of piperidine rings is 1. The molecule has 1 aliphatic carbocycles. The Hall–Kier alpha value is -1.92. The van der Waals surface area contributed by atoms with Crippen LogP contribution in [0, 0.1) is 16.2 Å². The van der Waals surface area contributed by atoms with Gasteiger partial charge < -0.3 is 19.8 Å². The van der Waals surface area contributed by atoms with Gasteiger partial charge in [0.25, 0.3) is 0 Å². The normalized spacial score (nSPS) is 38.9. The van der Waals surface area contributed by atoms with Crippen molar-refractivity contribution in [2.75, 3.05) is 0 Å². The Labute approximate surface area is 89.4 Å². The van der Waals surface area contributed by atoms with Gasteiger partial charge in [0.15, 0.2) is 0 Å². The molecule has 0 aromatic rings. The monoisotopic (exact) mass is 225 g/mol. The Morgan fingerprint density at radius 2 is 1.31 bits per heavy atom. The van der Waals surface area contributed by atoms with Crippen molar-refractivity contribution in [3.63, 3.8) is 0 Å². The van der Waals surface area contributed by atoms with Gasteiger partial charge in [-0.3, -0.25) is 14.9 Å². The molecular weight excluding hydrogens is 218 g/mol. The van der Waals surface area contributed by atoms with Crippen molar-refractivity contribution >= 4 is 23.8 Å². The van der Waals surface area contributed by atoms with Crippen molar-refractivity contribution in [1.82, 2.24) is 5.32 Å². The molecule has 1 saturated heterocycles. The van der Waals surface area contributed by atoms with Gasteiger partial charge >= 0.3 is 0 Å². The van der Waals surface area contributed by atoms with E-state index in [4.69, 9.17) is 0 Å². The van der Waals surface area contributed by atoms with Gasteiger partial charge in [0.05, 0.1) is 11.9 Å². The Bertz CT molecular complexity index is 427. The molecule has 2 atom stereocenters. The van der Waals surface area contributed by atoms with Crippen molar-refractivity contribution in [3.8, 4) is 0 Å². The second-order valence-electron chi connectivity index (χ2n) is 4.48. The summed E-state index contributed by atoms with van der Waals surface area (Å²) < 4.78 is 0. The smallest absolute Gasteiger partial charge is 0.240 e. The molecule has 1 saturated carbocycles. The third kappa shape index (κ3) is 0.568. The highest BCUT2D eigenvalue weighted by Crippen LogP contribution is 2.80. The topological polar surface area (TPSA) is 126 Å². The molecule has 1 heterocycles. The summed E-state index contributed by atoms with van der Waals surface area (Å²) in [6.07, 6.45) is 0. The first-order chi connectivity index (χ1) is 7.19. The molecule has 2 rings (SSSR count). The first-order valence-electron chi connectivity index (χ1n) is 4.47. The minimum Gasteiger partial charge on any atom is -0.549 e. The summed E-state index contributed by atoms with van der Waals surface area (Å²) in [5.74, 6) is -6.03. The average Bonchev–Trinajstić information content (AvgIpc) is 2.44. The lowest BCUT2D eigenvalue weighted by molar-refractivity contribution is -0.322. The van der Waals surface area contributed by atoms with Crippen LogP contribution in [-0.4, -0.2) is 23.8 Å². The average molecular weight is 225 g/mol. The minimum absolute atomic E-state index is 1.15. The number of carboxylic acid groups (broad SMARTS) is 2. The number of nitrogens with one attached hydrogen (secondary N) is 1. The van der Waals surface area contributed by atoms with Crippen molar-refractivity contribution < 1.29 is 29.4 Å². The van der Waals surface area contributed by atoms with Gasteiger partial charge in [-0.2, -0.15) is 0 Å². The van der Waals surface area contributed by atoms with Gasteiger partial charge in [-0.1, -0.05) is 13.8 Å². The number of fused-ring (bicyclic) bond motifs is 1. The Kier molecular flexibility index (Phi) is 1.49. The van der Waals surface area contributed by atoms with Crippen molar-refractivity contribution in [1.29, 1.82) is 0 Å². The van der Waals surface area contributed by atoms with E-state index in [9.17, 15) is 29.4 Å². The summed E-state index contributed by atoms with van der Waals surface area (Å²) in [5.41, 5.74) is -6.25.